The summed E-state index contributed by atoms with van der Waals surface area (Å²) in [6.45, 7) is 8.49. The standard InChI is InChI=1S/C25H29ClN4O2/c1-14(2)12-21-18(13-27)22(17-10-8-15(3)9-11-17)23(16(4)28-21)30-25(32)20-7-5-6-19(29-20)24(26)31/h5-11,14,19,29H,12-13,27H2,1-4H3,(H,30,32). The molecule has 0 aliphatic carbocycles. The number of carbonyl (C=O) groups excluding carboxylic acids is 2. The normalized spacial score (nSPS) is 15.3. The van der Waals surface area contributed by atoms with Gasteiger partial charge in [0.15, 0.2) is 0 Å². The van der Waals surface area contributed by atoms with Crippen molar-refractivity contribution in [1.29, 1.82) is 0 Å². The van der Waals surface area contributed by atoms with E-state index in [-0.39, 0.29) is 11.6 Å². The number of benzene rings is 1. The van der Waals surface area contributed by atoms with E-state index >= 15 is 0 Å². The van der Waals surface area contributed by atoms with Gasteiger partial charge in [-0.25, -0.2) is 0 Å². The quantitative estimate of drug-likeness (QED) is 0.548. The van der Waals surface area contributed by atoms with Crippen molar-refractivity contribution in [2.75, 3.05) is 5.32 Å². The van der Waals surface area contributed by atoms with Gasteiger partial charge >= 0.3 is 0 Å². The average molecular weight is 453 g/mol. The summed E-state index contributed by atoms with van der Waals surface area (Å²) in [5.74, 6) is 0.0297. The van der Waals surface area contributed by atoms with Crippen molar-refractivity contribution in [1.82, 2.24) is 10.3 Å². The van der Waals surface area contributed by atoms with Crippen LogP contribution in [0.2, 0.25) is 0 Å². The van der Waals surface area contributed by atoms with Crippen LogP contribution in [0.3, 0.4) is 0 Å². The van der Waals surface area contributed by atoms with E-state index in [9.17, 15) is 9.59 Å². The highest BCUT2D eigenvalue weighted by Crippen LogP contribution is 2.36. The number of halogens is 1. The van der Waals surface area contributed by atoms with Crippen LogP contribution < -0.4 is 16.4 Å². The van der Waals surface area contributed by atoms with Crippen molar-refractivity contribution in [2.45, 2.75) is 46.7 Å². The number of dihydropyridines is 1. The summed E-state index contributed by atoms with van der Waals surface area (Å²) in [6, 6.07) is 7.38. The molecule has 0 saturated heterocycles. The van der Waals surface area contributed by atoms with Crippen molar-refractivity contribution >= 4 is 28.4 Å². The molecule has 168 valence electrons. The van der Waals surface area contributed by atoms with Crippen LogP contribution in [0.15, 0.2) is 48.2 Å². The number of hydrogen-bond acceptors (Lipinski definition) is 5. The molecule has 0 saturated carbocycles. The number of pyridine rings is 1. The van der Waals surface area contributed by atoms with Crippen LogP contribution >= 0.6 is 11.6 Å². The second-order valence-electron chi connectivity index (χ2n) is 8.39. The summed E-state index contributed by atoms with van der Waals surface area (Å²) < 4.78 is 0. The minimum Gasteiger partial charge on any atom is -0.367 e. The van der Waals surface area contributed by atoms with E-state index < -0.39 is 11.3 Å². The van der Waals surface area contributed by atoms with Gasteiger partial charge in [-0.1, -0.05) is 55.8 Å². The molecule has 2 aromatic rings. The van der Waals surface area contributed by atoms with Crippen LogP contribution in [0, 0.1) is 19.8 Å². The molecule has 7 heteroatoms. The molecule has 3 rings (SSSR count). The molecule has 2 heterocycles. The molecule has 1 aliphatic heterocycles. The maximum Gasteiger partial charge on any atom is 0.271 e. The van der Waals surface area contributed by atoms with Crippen LogP contribution in [0.25, 0.3) is 11.1 Å². The van der Waals surface area contributed by atoms with E-state index in [1.54, 1.807) is 18.2 Å². The fraction of sp³-hybridized carbons (Fsp3) is 0.320. The average Bonchev–Trinajstić information content (AvgIpc) is 2.75. The Balaban J connectivity index is 2.09. The van der Waals surface area contributed by atoms with Crippen LogP contribution in [0.5, 0.6) is 0 Å². The van der Waals surface area contributed by atoms with Crippen molar-refractivity contribution in [3.63, 3.8) is 0 Å². The second kappa shape index (κ2) is 10.1. The molecule has 1 aromatic heterocycles. The Morgan fingerprint density at radius 1 is 1.22 bits per heavy atom. The number of amides is 1. The molecule has 1 amide bonds. The number of anilines is 1. The number of nitrogens with zero attached hydrogens (tertiary/aromatic N) is 1. The number of nitrogens with one attached hydrogen (secondary N) is 2. The van der Waals surface area contributed by atoms with E-state index in [0.29, 0.717) is 23.8 Å². The molecule has 0 fully saturated rings. The Kier molecular flexibility index (Phi) is 7.48. The highest BCUT2D eigenvalue weighted by Gasteiger charge is 2.24. The molecule has 1 unspecified atom stereocenters. The Morgan fingerprint density at radius 3 is 2.50 bits per heavy atom. The SMILES string of the molecule is Cc1ccc(-c2c(CN)c(CC(C)C)nc(C)c2NC(=O)C2=CC=CC(C(=O)Cl)N2)cc1. The highest BCUT2D eigenvalue weighted by molar-refractivity contribution is 6.65. The smallest absolute Gasteiger partial charge is 0.271 e. The molecule has 6 nitrogen and oxygen atoms in total. The molecule has 0 radical (unpaired) electrons. The molecular weight excluding hydrogens is 424 g/mol. The number of nitrogens with two attached hydrogens (primary N) is 1. The van der Waals surface area contributed by atoms with Crippen LogP contribution in [0.4, 0.5) is 5.69 Å². The first-order chi connectivity index (χ1) is 15.2. The van der Waals surface area contributed by atoms with Gasteiger partial charge in [-0.3, -0.25) is 14.6 Å². The first-order valence-electron chi connectivity index (χ1n) is 10.7. The third kappa shape index (κ3) is 5.26. The zero-order valence-corrected chi connectivity index (χ0v) is 19.6. The molecule has 4 N–H and O–H groups in total. The zero-order valence-electron chi connectivity index (χ0n) is 18.8. The summed E-state index contributed by atoms with van der Waals surface area (Å²) in [4.78, 5) is 29.4. The third-order valence-corrected chi connectivity index (χ3v) is 5.55. The number of carbonyl (C=O) groups is 2. The largest absolute Gasteiger partial charge is 0.367 e. The van der Waals surface area contributed by atoms with E-state index in [1.165, 1.54) is 0 Å². The van der Waals surface area contributed by atoms with Gasteiger partial charge < -0.3 is 16.4 Å². The lowest BCUT2D eigenvalue weighted by Crippen LogP contribution is -2.38. The first-order valence-corrected chi connectivity index (χ1v) is 11.0. The fourth-order valence-electron chi connectivity index (χ4n) is 3.75. The van der Waals surface area contributed by atoms with Gasteiger partial charge in [-0.05, 0) is 55.0 Å². The maximum atomic E-state index is 13.1. The lowest BCUT2D eigenvalue weighted by atomic mass is 9.92. The third-order valence-electron chi connectivity index (χ3n) is 5.32. The van der Waals surface area contributed by atoms with Crippen LogP contribution in [-0.2, 0) is 22.6 Å². The Morgan fingerprint density at radius 2 is 1.91 bits per heavy atom. The van der Waals surface area contributed by atoms with Gasteiger partial charge in [0.05, 0.1) is 11.4 Å². The van der Waals surface area contributed by atoms with Gasteiger partial charge in [0, 0.05) is 17.8 Å². The summed E-state index contributed by atoms with van der Waals surface area (Å²) in [5.41, 5.74) is 12.6. The summed E-state index contributed by atoms with van der Waals surface area (Å²) >= 11 is 5.59. The summed E-state index contributed by atoms with van der Waals surface area (Å²) in [7, 11) is 0. The minimum absolute atomic E-state index is 0.251. The Labute approximate surface area is 193 Å². The lowest BCUT2D eigenvalue weighted by molar-refractivity contribution is -0.113. The predicted octanol–water partition coefficient (Wildman–Crippen LogP) is 4.14. The fourth-order valence-corrected chi connectivity index (χ4v) is 3.88. The van der Waals surface area contributed by atoms with Crippen molar-refractivity contribution in [3.05, 3.63) is 70.7 Å². The highest BCUT2D eigenvalue weighted by atomic mass is 35.5. The molecule has 0 spiro atoms. The minimum atomic E-state index is -0.744. The number of allylic oxidation sites excluding steroid dienone is 2. The number of rotatable bonds is 7. The van der Waals surface area contributed by atoms with E-state index in [2.05, 4.69) is 24.5 Å². The zero-order chi connectivity index (χ0) is 23.4. The van der Waals surface area contributed by atoms with E-state index in [1.807, 2.05) is 38.1 Å². The van der Waals surface area contributed by atoms with E-state index in [0.717, 1.165) is 34.4 Å². The molecule has 1 atom stereocenters. The van der Waals surface area contributed by atoms with E-state index in [4.69, 9.17) is 22.3 Å². The molecular formula is C25H29ClN4O2. The number of hydrogen-bond donors (Lipinski definition) is 3. The molecule has 1 aliphatic rings. The van der Waals surface area contributed by atoms with Crippen molar-refractivity contribution in [3.8, 4) is 11.1 Å². The maximum absolute atomic E-state index is 13.1. The first kappa shape index (κ1) is 23.7. The van der Waals surface area contributed by atoms with Gasteiger partial charge in [-0.15, -0.1) is 0 Å². The predicted molar refractivity (Wildman–Crippen MR) is 129 cm³/mol. The lowest BCUT2D eigenvalue weighted by Gasteiger charge is -2.23. The van der Waals surface area contributed by atoms with Gasteiger partial charge in [0.1, 0.15) is 11.7 Å². The summed E-state index contributed by atoms with van der Waals surface area (Å²) in [6.07, 6.45) is 5.64. The monoisotopic (exact) mass is 452 g/mol. The van der Waals surface area contributed by atoms with Gasteiger partial charge in [-0.2, -0.15) is 0 Å². The Hall–Kier alpha value is -2.96. The van der Waals surface area contributed by atoms with Crippen LogP contribution in [-0.4, -0.2) is 22.2 Å². The molecule has 0 bridgehead atoms. The van der Waals surface area contributed by atoms with Crippen molar-refractivity contribution in [2.24, 2.45) is 11.7 Å². The van der Waals surface area contributed by atoms with Gasteiger partial charge in [0.2, 0.25) is 5.24 Å². The second-order valence-corrected chi connectivity index (χ2v) is 8.76. The van der Waals surface area contributed by atoms with Crippen LogP contribution in [0.1, 0.15) is 36.4 Å². The number of aryl methyl sites for hydroxylation is 2. The van der Waals surface area contributed by atoms with Gasteiger partial charge in [0.25, 0.3) is 5.91 Å². The topological polar surface area (TPSA) is 97.1 Å². The van der Waals surface area contributed by atoms with Crippen molar-refractivity contribution < 1.29 is 9.59 Å². The summed E-state index contributed by atoms with van der Waals surface area (Å²) in [5, 5.41) is 5.28. The number of aromatic nitrogens is 1. The Bertz CT molecular complexity index is 1090. The molecule has 32 heavy (non-hydrogen) atoms. The molecule has 1 aromatic carbocycles.